The van der Waals surface area contributed by atoms with Crippen LogP contribution in [0.15, 0.2) is 28.7 Å². The summed E-state index contributed by atoms with van der Waals surface area (Å²) in [5.74, 6) is 0. The van der Waals surface area contributed by atoms with Crippen molar-refractivity contribution in [2.45, 2.75) is 19.4 Å². The molecule has 76 valence electrons. The Morgan fingerprint density at radius 2 is 2.14 bits per heavy atom. The van der Waals surface area contributed by atoms with Crippen molar-refractivity contribution in [2.75, 3.05) is 13.2 Å². The molecule has 0 aromatic heterocycles. The summed E-state index contributed by atoms with van der Waals surface area (Å²) in [6, 6.07) is 8.29. The van der Waals surface area contributed by atoms with E-state index in [0.717, 1.165) is 24.2 Å². The molecule has 1 heterocycles. The van der Waals surface area contributed by atoms with Gasteiger partial charge in [-0.15, -0.1) is 0 Å². The molecule has 0 amide bonds. The zero-order chi connectivity index (χ0) is 9.80. The van der Waals surface area contributed by atoms with E-state index in [9.17, 15) is 0 Å². The molecule has 1 saturated heterocycles. The van der Waals surface area contributed by atoms with Crippen LogP contribution in [0.1, 0.15) is 18.4 Å². The highest BCUT2D eigenvalue weighted by atomic mass is 79.9. The SMILES string of the molecule is Brc1ccccc1CN1CCCCO1. The fourth-order valence-corrected chi connectivity index (χ4v) is 2.00. The van der Waals surface area contributed by atoms with Crippen LogP contribution in [0.4, 0.5) is 0 Å². The van der Waals surface area contributed by atoms with E-state index in [4.69, 9.17) is 4.84 Å². The highest BCUT2D eigenvalue weighted by Gasteiger charge is 2.12. The van der Waals surface area contributed by atoms with Gasteiger partial charge in [0.25, 0.3) is 0 Å². The van der Waals surface area contributed by atoms with Gasteiger partial charge in [0.15, 0.2) is 0 Å². The van der Waals surface area contributed by atoms with Gasteiger partial charge in [0, 0.05) is 11.0 Å². The lowest BCUT2D eigenvalue weighted by atomic mass is 10.2. The topological polar surface area (TPSA) is 12.5 Å². The third-order valence-electron chi connectivity index (χ3n) is 2.38. The molecule has 0 bridgehead atoms. The zero-order valence-electron chi connectivity index (χ0n) is 8.08. The second kappa shape index (κ2) is 4.91. The van der Waals surface area contributed by atoms with E-state index in [2.05, 4.69) is 34.1 Å². The molecular weight excluding hydrogens is 242 g/mol. The summed E-state index contributed by atoms with van der Waals surface area (Å²) in [4.78, 5) is 5.55. The molecule has 1 aliphatic heterocycles. The average molecular weight is 256 g/mol. The molecule has 0 radical (unpaired) electrons. The fourth-order valence-electron chi connectivity index (χ4n) is 1.59. The number of hydrogen-bond donors (Lipinski definition) is 0. The molecule has 1 fully saturated rings. The third kappa shape index (κ3) is 2.56. The van der Waals surface area contributed by atoms with E-state index in [1.807, 2.05) is 11.1 Å². The van der Waals surface area contributed by atoms with Crippen molar-refractivity contribution in [3.63, 3.8) is 0 Å². The summed E-state index contributed by atoms with van der Waals surface area (Å²) in [5, 5.41) is 2.05. The molecule has 0 saturated carbocycles. The molecule has 0 aliphatic carbocycles. The Morgan fingerprint density at radius 3 is 2.86 bits per heavy atom. The number of rotatable bonds is 2. The van der Waals surface area contributed by atoms with E-state index in [0.29, 0.717) is 0 Å². The van der Waals surface area contributed by atoms with E-state index in [-0.39, 0.29) is 0 Å². The molecular formula is C11H14BrNO. The molecule has 1 aromatic carbocycles. The van der Waals surface area contributed by atoms with Crippen molar-refractivity contribution in [1.82, 2.24) is 5.06 Å². The fraction of sp³-hybridized carbons (Fsp3) is 0.455. The zero-order valence-corrected chi connectivity index (χ0v) is 9.66. The van der Waals surface area contributed by atoms with Crippen LogP contribution in [-0.4, -0.2) is 18.2 Å². The van der Waals surface area contributed by atoms with Crippen molar-refractivity contribution >= 4 is 15.9 Å². The minimum absolute atomic E-state index is 0.866. The molecule has 14 heavy (non-hydrogen) atoms. The maximum Gasteiger partial charge on any atom is 0.0685 e. The summed E-state index contributed by atoms with van der Waals surface area (Å²) in [6.07, 6.45) is 2.43. The number of benzene rings is 1. The summed E-state index contributed by atoms with van der Waals surface area (Å²) >= 11 is 3.54. The van der Waals surface area contributed by atoms with E-state index in [1.165, 1.54) is 18.4 Å². The molecule has 2 nitrogen and oxygen atoms in total. The lowest BCUT2D eigenvalue weighted by Gasteiger charge is -2.26. The summed E-state index contributed by atoms with van der Waals surface area (Å²) in [7, 11) is 0. The first-order valence-electron chi connectivity index (χ1n) is 4.97. The summed E-state index contributed by atoms with van der Waals surface area (Å²) in [5.41, 5.74) is 1.29. The molecule has 0 atom stereocenters. The van der Waals surface area contributed by atoms with Gasteiger partial charge in [0.2, 0.25) is 0 Å². The number of hydrogen-bond acceptors (Lipinski definition) is 2. The number of nitrogens with zero attached hydrogens (tertiary/aromatic N) is 1. The van der Waals surface area contributed by atoms with Crippen LogP contribution < -0.4 is 0 Å². The maximum atomic E-state index is 5.55. The van der Waals surface area contributed by atoms with Gasteiger partial charge in [0.05, 0.1) is 13.2 Å². The van der Waals surface area contributed by atoms with Gasteiger partial charge in [-0.05, 0) is 24.5 Å². The van der Waals surface area contributed by atoms with Crippen molar-refractivity contribution in [1.29, 1.82) is 0 Å². The largest absolute Gasteiger partial charge is 0.299 e. The second-order valence-corrected chi connectivity index (χ2v) is 4.35. The highest BCUT2D eigenvalue weighted by molar-refractivity contribution is 9.10. The normalized spacial score (nSPS) is 18.4. The van der Waals surface area contributed by atoms with E-state index in [1.54, 1.807) is 0 Å². The minimum Gasteiger partial charge on any atom is -0.299 e. The van der Waals surface area contributed by atoms with Gasteiger partial charge < -0.3 is 0 Å². The molecule has 3 heteroatoms. The van der Waals surface area contributed by atoms with Gasteiger partial charge in [-0.3, -0.25) is 4.84 Å². The Kier molecular flexibility index (Phi) is 3.56. The molecule has 1 aromatic rings. The van der Waals surface area contributed by atoms with Gasteiger partial charge >= 0.3 is 0 Å². The second-order valence-electron chi connectivity index (χ2n) is 3.50. The van der Waals surface area contributed by atoms with Crippen molar-refractivity contribution < 1.29 is 4.84 Å². The van der Waals surface area contributed by atoms with Crippen LogP contribution in [0.2, 0.25) is 0 Å². The monoisotopic (exact) mass is 255 g/mol. The van der Waals surface area contributed by atoms with Crippen LogP contribution in [0, 0.1) is 0 Å². The minimum atomic E-state index is 0.866. The first kappa shape index (κ1) is 10.1. The highest BCUT2D eigenvalue weighted by Crippen LogP contribution is 2.19. The summed E-state index contributed by atoms with van der Waals surface area (Å²) < 4.78 is 1.16. The Labute approximate surface area is 92.9 Å². The molecule has 0 unspecified atom stereocenters. The molecule has 0 N–H and O–H groups in total. The maximum absolute atomic E-state index is 5.55. The Balaban J connectivity index is 1.99. The molecule has 0 spiro atoms. The van der Waals surface area contributed by atoms with E-state index >= 15 is 0 Å². The molecule has 2 rings (SSSR count). The van der Waals surface area contributed by atoms with Crippen LogP contribution in [0.3, 0.4) is 0 Å². The predicted molar refractivity (Wildman–Crippen MR) is 59.7 cm³/mol. The van der Waals surface area contributed by atoms with Crippen LogP contribution in [-0.2, 0) is 11.4 Å². The number of halogens is 1. The van der Waals surface area contributed by atoms with Crippen molar-refractivity contribution in [3.05, 3.63) is 34.3 Å². The third-order valence-corrected chi connectivity index (χ3v) is 3.15. The van der Waals surface area contributed by atoms with Crippen LogP contribution in [0.5, 0.6) is 0 Å². The van der Waals surface area contributed by atoms with E-state index < -0.39 is 0 Å². The Bertz CT molecular complexity index is 297. The quantitative estimate of drug-likeness (QED) is 0.806. The lowest BCUT2D eigenvalue weighted by molar-refractivity contribution is -0.187. The predicted octanol–water partition coefficient (Wildman–Crippen LogP) is 2.98. The van der Waals surface area contributed by atoms with Crippen molar-refractivity contribution in [2.24, 2.45) is 0 Å². The van der Waals surface area contributed by atoms with Crippen molar-refractivity contribution in [3.8, 4) is 0 Å². The van der Waals surface area contributed by atoms with Gasteiger partial charge in [0.1, 0.15) is 0 Å². The Morgan fingerprint density at radius 1 is 1.29 bits per heavy atom. The standard InChI is InChI=1S/C11H14BrNO/c12-11-6-2-1-5-10(11)9-13-7-3-4-8-14-13/h1-2,5-6H,3-4,7-9H2. The molecule has 1 aliphatic rings. The van der Waals surface area contributed by atoms with Gasteiger partial charge in [-0.25, -0.2) is 0 Å². The first-order valence-corrected chi connectivity index (χ1v) is 5.77. The summed E-state index contributed by atoms with van der Waals surface area (Å²) in [6.45, 7) is 2.78. The smallest absolute Gasteiger partial charge is 0.0685 e. The van der Waals surface area contributed by atoms with Gasteiger partial charge in [-0.2, -0.15) is 5.06 Å². The number of hydroxylamine groups is 2. The van der Waals surface area contributed by atoms with Crippen LogP contribution >= 0.6 is 15.9 Å². The lowest BCUT2D eigenvalue weighted by Crippen LogP contribution is -2.29. The first-order chi connectivity index (χ1) is 6.86. The Hall–Kier alpha value is -0.380. The van der Waals surface area contributed by atoms with Gasteiger partial charge in [-0.1, -0.05) is 34.1 Å². The van der Waals surface area contributed by atoms with Crippen LogP contribution in [0.25, 0.3) is 0 Å². The average Bonchev–Trinajstić information content (AvgIpc) is 2.23.